The number of halogens is 1. The maximum absolute atomic E-state index is 5.80. The molecule has 0 amide bonds. The van der Waals surface area contributed by atoms with Crippen molar-refractivity contribution < 1.29 is 4.74 Å². The van der Waals surface area contributed by atoms with Gasteiger partial charge in [0.05, 0.1) is 5.60 Å². The third-order valence-electron chi connectivity index (χ3n) is 4.94. The molecule has 6 nitrogen and oxygen atoms in total. The van der Waals surface area contributed by atoms with E-state index < -0.39 is 0 Å². The highest BCUT2D eigenvalue weighted by Gasteiger charge is 2.29. The molecule has 2 heterocycles. The summed E-state index contributed by atoms with van der Waals surface area (Å²) in [6.07, 6.45) is 4.72. The fourth-order valence-electron chi connectivity index (χ4n) is 3.21. The first kappa shape index (κ1) is 21.9. The minimum absolute atomic E-state index is 0. The molecule has 0 aromatic carbocycles. The molecule has 1 unspecified atom stereocenters. The molecule has 2 aliphatic heterocycles. The van der Waals surface area contributed by atoms with E-state index in [1.165, 1.54) is 45.6 Å². The number of hydrogen-bond donors (Lipinski definition) is 2. The van der Waals surface area contributed by atoms with Gasteiger partial charge in [-0.1, -0.05) is 0 Å². The second-order valence-corrected chi connectivity index (χ2v) is 7.11. The van der Waals surface area contributed by atoms with Crippen molar-refractivity contribution in [2.24, 2.45) is 4.99 Å². The van der Waals surface area contributed by atoms with Gasteiger partial charge in [0.25, 0.3) is 0 Å². The number of unbranched alkanes of at least 4 members (excludes halogenated alkanes) is 1. The Kier molecular flexibility index (Phi) is 10.5. The van der Waals surface area contributed by atoms with Gasteiger partial charge in [0.15, 0.2) is 5.96 Å². The van der Waals surface area contributed by atoms with E-state index in [9.17, 15) is 0 Å². The summed E-state index contributed by atoms with van der Waals surface area (Å²) in [5.74, 6) is 0.890. The van der Waals surface area contributed by atoms with Crippen LogP contribution in [0.25, 0.3) is 0 Å². The lowest BCUT2D eigenvalue weighted by Crippen LogP contribution is -2.46. The average molecular weight is 453 g/mol. The maximum Gasteiger partial charge on any atom is 0.191 e. The fourth-order valence-corrected chi connectivity index (χ4v) is 3.21. The Bertz CT molecular complexity index is 366. The molecule has 0 radical (unpaired) electrons. The van der Waals surface area contributed by atoms with Gasteiger partial charge in [-0.3, -0.25) is 4.99 Å². The van der Waals surface area contributed by atoms with Gasteiger partial charge in [-0.05, 0) is 46.2 Å². The standard InChI is InChI=1S/C17H35N5O.HI/c1-17(7-6-14-23-17)15-20-16(18-2)19-8-4-5-9-22-12-10-21(3)11-13-22;/h4-15H2,1-3H3,(H2,18,19,20);1H. The molecule has 0 saturated carbocycles. The first-order valence-electron chi connectivity index (χ1n) is 9.11. The lowest BCUT2D eigenvalue weighted by molar-refractivity contribution is 0.0243. The molecule has 2 saturated heterocycles. The first-order valence-corrected chi connectivity index (χ1v) is 9.11. The van der Waals surface area contributed by atoms with Crippen molar-refractivity contribution in [1.29, 1.82) is 0 Å². The van der Waals surface area contributed by atoms with Gasteiger partial charge in [-0.25, -0.2) is 0 Å². The highest BCUT2D eigenvalue weighted by molar-refractivity contribution is 14.0. The van der Waals surface area contributed by atoms with Gasteiger partial charge in [0.2, 0.25) is 0 Å². The molecule has 0 bridgehead atoms. The van der Waals surface area contributed by atoms with Crippen molar-refractivity contribution in [3.63, 3.8) is 0 Å². The number of ether oxygens (including phenoxy) is 1. The molecule has 7 heteroatoms. The number of aliphatic imine (C=N–C) groups is 1. The van der Waals surface area contributed by atoms with E-state index in [0.29, 0.717) is 0 Å². The van der Waals surface area contributed by atoms with E-state index in [1.807, 2.05) is 7.05 Å². The van der Waals surface area contributed by atoms with Gasteiger partial charge >= 0.3 is 0 Å². The molecular weight excluding hydrogens is 417 g/mol. The Balaban J connectivity index is 0.00000288. The molecule has 0 aromatic heterocycles. The Labute approximate surface area is 164 Å². The minimum Gasteiger partial charge on any atom is -0.373 e. The van der Waals surface area contributed by atoms with Crippen LogP contribution < -0.4 is 10.6 Å². The topological polar surface area (TPSA) is 52.1 Å². The van der Waals surface area contributed by atoms with Crippen LogP contribution in [0.15, 0.2) is 4.99 Å². The highest BCUT2D eigenvalue weighted by atomic mass is 127. The molecule has 2 aliphatic rings. The number of nitrogens with zero attached hydrogens (tertiary/aromatic N) is 3. The number of piperazine rings is 1. The van der Waals surface area contributed by atoms with Crippen LogP contribution in [-0.2, 0) is 4.74 Å². The maximum atomic E-state index is 5.80. The van der Waals surface area contributed by atoms with Gasteiger partial charge < -0.3 is 25.2 Å². The zero-order chi connectivity index (χ0) is 16.5. The van der Waals surface area contributed by atoms with Gasteiger partial charge in [0.1, 0.15) is 0 Å². The zero-order valence-corrected chi connectivity index (χ0v) is 18.0. The molecular formula is C17H36IN5O. The predicted octanol–water partition coefficient (Wildman–Crippen LogP) is 1.37. The van der Waals surface area contributed by atoms with Crippen LogP contribution in [0.5, 0.6) is 0 Å². The molecule has 2 N–H and O–H groups in total. The monoisotopic (exact) mass is 453 g/mol. The van der Waals surface area contributed by atoms with E-state index in [1.54, 1.807) is 0 Å². The van der Waals surface area contributed by atoms with Crippen molar-refractivity contribution in [1.82, 2.24) is 20.4 Å². The smallest absolute Gasteiger partial charge is 0.191 e. The summed E-state index contributed by atoms with van der Waals surface area (Å²) in [6.45, 7) is 10.9. The minimum atomic E-state index is -0.0287. The number of guanidine groups is 1. The summed E-state index contributed by atoms with van der Waals surface area (Å²) >= 11 is 0. The van der Waals surface area contributed by atoms with Crippen LogP contribution in [0, 0.1) is 0 Å². The van der Waals surface area contributed by atoms with E-state index in [4.69, 9.17) is 4.74 Å². The van der Waals surface area contributed by atoms with Crippen molar-refractivity contribution in [3.8, 4) is 0 Å². The summed E-state index contributed by atoms with van der Waals surface area (Å²) in [5, 5.41) is 6.81. The Hall–Kier alpha value is -0.120. The normalized spacial score (nSPS) is 26.2. The average Bonchev–Trinajstić information content (AvgIpc) is 2.99. The molecule has 0 aliphatic carbocycles. The number of hydrogen-bond acceptors (Lipinski definition) is 4. The Morgan fingerprint density at radius 3 is 2.54 bits per heavy atom. The predicted molar refractivity (Wildman–Crippen MR) is 112 cm³/mol. The van der Waals surface area contributed by atoms with E-state index >= 15 is 0 Å². The Morgan fingerprint density at radius 1 is 1.17 bits per heavy atom. The van der Waals surface area contributed by atoms with Crippen molar-refractivity contribution in [3.05, 3.63) is 0 Å². The second kappa shape index (κ2) is 11.5. The van der Waals surface area contributed by atoms with Crippen LogP contribution in [0.1, 0.15) is 32.6 Å². The van der Waals surface area contributed by atoms with Crippen molar-refractivity contribution in [2.45, 2.75) is 38.2 Å². The van der Waals surface area contributed by atoms with Crippen LogP contribution in [0.3, 0.4) is 0 Å². The molecule has 0 aromatic rings. The summed E-state index contributed by atoms with van der Waals surface area (Å²) in [7, 11) is 4.04. The molecule has 2 fully saturated rings. The summed E-state index contributed by atoms with van der Waals surface area (Å²) in [6, 6.07) is 0. The quantitative estimate of drug-likeness (QED) is 0.264. The van der Waals surface area contributed by atoms with Crippen molar-refractivity contribution >= 4 is 29.9 Å². The third-order valence-corrected chi connectivity index (χ3v) is 4.94. The SMILES string of the molecule is CN=C(NCCCCN1CCN(C)CC1)NCC1(C)CCCO1.I. The highest BCUT2D eigenvalue weighted by Crippen LogP contribution is 2.23. The van der Waals surface area contributed by atoms with Crippen molar-refractivity contribution in [2.75, 3.05) is 66.5 Å². The summed E-state index contributed by atoms with van der Waals surface area (Å²) in [5.41, 5.74) is -0.0287. The fraction of sp³-hybridized carbons (Fsp3) is 0.941. The van der Waals surface area contributed by atoms with Crippen LogP contribution >= 0.6 is 24.0 Å². The van der Waals surface area contributed by atoms with E-state index in [2.05, 4.69) is 39.4 Å². The number of likely N-dealkylation sites (N-methyl/N-ethyl adjacent to an activating group) is 1. The van der Waals surface area contributed by atoms with Crippen LogP contribution in [0.2, 0.25) is 0 Å². The molecule has 24 heavy (non-hydrogen) atoms. The second-order valence-electron chi connectivity index (χ2n) is 7.11. The van der Waals surface area contributed by atoms with E-state index in [-0.39, 0.29) is 29.6 Å². The number of nitrogens with one attached hydrogen (secondary N) is 2. The Morgan fingerprint density at radius 2 is 1.92 bits per heavy atom. The van der Waals surface area contributed by atoms with Crippen LogP contribution in [0.4, 0.5) is 0 Å². The molecule has 2 rings (SSSR count). The van der Waals surface area contributed by atoms with Gasteiger partial charge in [-0.2, -0.15) is 0 Å². The van der Waals surface area contributed by atoms with E-state index in [0.717, 1.165) is 38.5 Å². The molecule has 1 atom stereocenters. The largest absolute Gasteiger partial charge is 0.373 e. The number of rotatable bonds is 7. The zero-order valence-electron chi connectivity index (χ0n) is 15.6. The summed E-state index contributed by atoms with van der Waals surface area (Å²) in [4.78, 5) is 9.28. The third kappa shape index (κ3) is 7.84. The molecule has 0 spiro atoms. The summed E-state index contributed by atoms with van der Waals surface area (Å²) < 4.78 is 5.80. The molecule has 142 valence electrons. The lowest BCUT2D eigenvalue weighted by atomic mass is 10.0. The van der Waals surface area contributed by atoms with Gasteiger partial charge in [-0.15, -0.1) is 24.0 Å². The lowest BCUT2D eigenvalue weighted by Gasteiger charge is -2.32. The van der Waals surface area contributed by atoms with Crippen LogP contribution in [-0.4, -0.2) is 87.9 Å². The first-order chi connectivity index (χ1) is 11.1. The van der Waals surface area contributed by atoms with Gasteiger partial charge in [0, 0.05) is 52.9 Å².